The summed E-state index contributed by atoms with van der Waals surface area (Å²) < 4.78 is 29.9. The molecule has 0 amide bonds. The fourth-order valence-electron chi connectivity index (χ4n) is 3.72. The number of piperazine rings is 1. The first kappa shape index (κ1) is 19.1. The molecule has 2 aliphatic rings. The number of benzene rings is 1. The van der Waals surface area contributed by atoms with E-state index in [9.17, 15) is 28.5 Å². The first-order chi connectivity index (χ1) is 13.2. The molecule has 1 unspecified atom stereocenters. The van der Waals surface area contributed by atoms with Crippen molar-refractivity contribution in [3.8, 4) is 0 Å². The molecule has 4 rings (SSSR count). The van der Waals surface area contributed by atoms with E-state index in [2.05, 4.69) is 0 Å². The number of fused-ring (bicyclic) bond motifs is 1. The number of carboxylic acid groups (broad SMARTS) is 1. The molecule has 1 saturated heterocycles. The Morgan fingerprint density at radius 1 is 1.21 bits per heavy atom. The molecule has 2 N–H and O–H groups in total. The topological polar surface area (TPSA) is 103 Å². The van der Waals surface area contributed by atoms with Gasteiger partial charge in [0.1, 0.15) is 11.4 Å². The maximum absolute atomic E-state index is 14.8. The molecule has 2 fully saturated rings. The monoisotopic (exact) mass is 409 g/mol. The summed E-state index contributed by atoms with van der Waals surface area (Å²) in [6.45, 7) is 2.70. The molecule has 8 nitrogen and oxygen atoms in total. The fraction of sp³-hybridized carbons (Fsp3) is 0.444. The Labute approximate surface area is 160 Å². The minimum Gasteiger partial charge on any atom is -0.477 e. The molecule has 150 valence electrons. The molecule has 0 spiro atoms. The van der Waals surface area contributed by atoms with E-state index in [1.807, 2.05) is 0 Å². The summed E-state index contributed by atoms with van der Waals surface area (Å²) in [5.74, 6) is -1.93. The number of halogens is 1. The third kappa shape index (κ3) is 3.34. The second kappa shape index (κ2) is 6.69. The number of nitrogens with zero attached hydrogens (tertiary/aromatic N) is 3. The van der Waals surface area contributed by atoms with Crippen LogP contribution in [0.2, 0.25) is 0 Å². The van der Waals surface area contributed by atoms with Crippen LogP contribution in [-0.4, -0.2) is 58.1 Å². The molecule has 1 aromatic carbocycles. The molecule has 1 atom stereocenters. The molecule has 1 aromatic heterocycles. The Balaban J connectivity index is 1.77. The van der Waals surface area contributed by atoms with Gasteiger partial charge in [-0.15, -0.1) is 0 Å². The minimum atomic E-state index is -3.33. The lowest BCUT2D eigenvalue weighted by Gasteiger charge is -2.37. The highest BCUT2D eigenvalue weighted by atomic mass is 31.2. The van der Waals surface area contributed by atoms with Crippen molar-refractivity contribution in [2.24, 2.45) is 0 Å². The van der Waals surface area contributed by atoms with E-state index >= 15 is 0 Å². The van der Waals surface area contributed by atoms with Gasteiger partial charge in [-0.05, 0) is 25.0 Å². The van der Waals surface area contributed by atoms with Crippen molar-refractivity contribution >= 4 is 30.1 Å². The van der Waals surface area contributed by atoms with E-state index in [1.165, 1.54) is 17.5 Å². The van der Waals surface area contributed by atoms with Crippen LogP contribution >= 0.6 is 7.52 Å². The van der Waals surface area contributed by atoms with E-state index in [4.69, 9.17) is 0 Å². The molecule has 1 aliphatic carbocycles. The zero-order chi connectivity index (χ0) is 20.2. The maximum atomic E-state index is 14.8. The van der Waals surface area contributed by atoms with Crippen molar-refractivity contribution in [3.05, 3.63) is 39.9 Å². The summed E-state index contributed by atoms with van der Waals surface area (Å²) in [4.78, 5) is 35.4. The van der Waals surface area contributed by atoms with Crippen LogP contribution in [-0.2, 0) is 4.57 Å². The summed E-state index contributed by atoms with van der Waals surface area (Å²) >= 11 is 0. The van der Waals surface area contributed by atoms with Crippen LogP contribution in [0.25, 0.3) is 10.9 Å². The molecule has 2 heterocycles. The Kier molecular flexibility index (Phi) is 4.56. The Morgan fingerprint density at radius 3 is 2.39 bits per heavy atom. The molecule has 10 heteroatoms. The molecule has 0 radical (unpaired) electrons. The van der Waals surface area contributed by atoms with Crippen LogP contribution in [0, 0.1) is 5.82 Å². The van der Waals surface area contributed by atoms with Crippen molar-refractivity contribution in [2.45, 2.75) is 18.9 Å². The highest BCUT2D eigenvalue weighted by molar-refractivity contribution is 7.54. The number of carbonyl (C=O) groups is 1. The van der Waals surface area contributed by atoms with Crippen molar-refractivity contribution in [1.82, 2.24) is 9.24 Å². The average Bonchev–Trinajstić information content (AvgIpc) is 3.46. The number of hydrogen-bond acceptors (Lipinski definition) is 4. The number of carboxylic acids is 1. The van der Waals surface area contributed by atoms with Crippen LogP contribution in [0.1, 0.15) is 29.2 Å². The van der Waals surface area contributed by atoms with E-state index in [1.54, 1.807) is 15.5 Å². The Bertz CT molecular complexity index is 1070. The number of hydrogen-bond donors (Lipinski definition) is 2. The molecular formula is C18H21FN3O5P. The van der Waals surface area contributed by atoms with Gasteiger partial charge in [0.05, 0.1) is 11.2 Å². The van der Waals surface area contributed by atoms with Crippen molar-refractivity contribution in [3.63, 3.8) is 0 Å². The smallest absolute Gasteiger partial charge is 0.341 e. The molecule has 28 heavy (non-hydrogen) atoms. The van der Waals surface area contributed by atoms with Crippen molar-refractivity contribution in [1.29, 1.82) is 0 Å². The molecule has 1 aliphatic heterocycles. The highest BCUT2D eigenvalue weighted by Crippen LogP contribution is 2.42. The lowest BCUT2D eigenvalue weighted by atomic mass is 10.1. The van der Waals surface area contributed by atoms with Gasteiger partial charge in [0.25, 0.3) is 7.52 Å². The molecule has 2 aromatic rings. The summed E-state index contributed by atoms with van der Waals surface area (Å²) in [6, 6.07) is 2.81. The molecule has 0 bridgehead atoms. The van der Waals surface area contributed by atoms with E-state index in [-0.39, 0.29) is 17.0 Å². The second-order valence-electron chi connectivity index (χ2n) is 7.41. The zero-order valence-electron chi connectivity index (χ0n) is 15.3. The SMILES string of the molecule is CP(=O)(O)N1CCN(c2cc3c(cc2F)c(=O)c(C(=O)O)cn3C2CC2)CC1. The number of rotatable bonds is 4. The summed E-state index contributed by atoms with van der Waals surface area (Å²) in [5.41, 5.74) is -0.226. The fourth-order valence-corrected chi connectivity index (χ4v) is 4.64. The zero-order valence-corrected chi connectivity index (χ0v) is 16.2. The van der Waals surface area contributed by atoms with Gasteiger partial charge in [0.2, 0.25) is 5.43 Å². The Morgan fingerprint density at radius 2 is 1.86 bits per heavy atom. The van der Waals surface area contributed by atoms with Gasteiger partial charge in [0.15, 0.2) is 0 Å². The van der Waals surface area contributed by atoms with Gasteiger partial charge in [-0.1, -0.05) is 0 Å². The van der Waals surface area contributed by atoms with Crippen LogP contribution in [0.15, 0.2) is 23.1 Å². The Hall–Kier alpha value is -2.22. The van der Waals surface area contributed by atoms with Crippen LogP contribution < -0.4 is 10.3 Å². The summed E-state index contributed by atoms with van der Waals surface area (Å²) in [6.07, 6.45) is 3.11. The van der Waals surface area contributed by atoms with Crippen LogP contribution in [0.3, 0.4) is 0 Å². The predicted octanol–water partition coefficient (Wildman–Crippen LogP) is 2.11. The second-order valence-corrected chi connectivity index (χ2v) is 9.65. The van der Waals surface area contributed by atoms with Gasteiger partial charge in [-0.25, -0.2) is 13.9 Å². The predicted molar refractivity (Wildman–Crippen MR) is 103 cm³/mol. The van der Waals surface area contributed by atoms with Gasteiger partial charge < -0.3 is 19.5 Å². The van der Waals surface area contributed by atoms with E-state index < -0.39 is 24.7 Å². The van der Waals surface area contributed by atoms with Crippen LogP contribution in [0.4, 0.5) is 10.1 Å². The lowest BCUT2D eigenvalue weighted by Crippen LogP contribution is -2.45. The number of anilines is 1. The molecular weight excluding hydrogens is 388 g/mol. The van der Waals surface area contributed by atoms with Crippen molar-refractivity contribution < 1.29 is 23.7 Å². The van der Waals surface area contributed by atoms with E-state index in [0.717, 1.165) is 18.9 Å². The maximum Gasteiger partial charge on any atom is 0.341 e. The summed E-state index contributed by atoms with van der Waals surface area (Å²) in [5, 5.41) is 9.36. The number of pyridine rings is 1. The number of aromatic carboxylic acids is 1. The third-order valence-electron chi connectivity index (χ3n) is 5.39. The minimum absolute atomic E-state index is 0.0557. The average molecular weight is 409 g/mol. The lowest BCUT2D eigenvalue weighted by molar-refractivity contribution is 0.0695. The van der Waals surface area contributed by atoms with Gasteiger partial charge in [-0.3, -0.25) is 9.36 Å². The van der Waals surface area contributed by atoms with Gasteiger partial charge in [0, 0.05) is 50.5 Å². The van der Waals surface area contributed by atoms with Gasteiger partial charge in [-0.2, -0.15) is 0 Å². The largest absolute Gasteiger partial charge is 0.477 e. The normalized spacial score (nSPS) is 20.3. The van der Waals surface area contributed by atoms with Crippen molar-refractivity contribution in [2.75, 3.05) is 37.7 Å². The third-order valence-corrected chi connectivity index (χ3v) is 6.84. The first-order valence-electron chi connectivity index (χ1n) is 9.09. The molecule has 1 saturated carbocycles. The van der Waals surface area contributed by atoms with E-state index in [0.29, 0.717) is 37.4 Å². The van der Waals surface area contributed by atoms with Crippen LogP contribution in [0.5, 0.6) is 0 Å². The standard InChI is InChI=1S/C18H21FN3O5P/c1-28(26,27)21-6-4-20(5-7-21)16-9-15-12(8-14(16)19)17(23)13(18(24)25)10-22(15)11-2-3-11/h8-11H,2-7H2,1H3,(H,24,25)(H,26,27). The highest BCUT2D eigenvalue weighted by Gasteiger charge is 2.30. The summed E-state index contributed by atoms with van der Waals surface area (Å²) in [7, 11) is -3.33. The first-order valence-corrected chi connectivity index (χ1v) is 11.1. The quantitative estimate of drug-likeness (QED) is 0.746. The number of aromatic nitrogens is 1. The van der Waals surface area contributed by atoms with Gasteiger partial charge >= 0.3 is 5.97 Å².